The third-order valence-corrected chi connectivity index (χ3v) is 6.64. The number of hydrogen-bond donors (Lipinski definition) is 0. The molecule has 0 unspecified atom stereocenters. The van der Waals surface area contributed by atoms with Crippen LogP contribution >= 0.6 is 11.3 Å². The van der Waals surface area contributed by atoms with Gasteiger partial charge in [-0.3, -0.25) is 9.20 Å². The molecule has 0 spiro atoms. The number of halogens is 1. The van der Waals surface area contributed by atoms with E-state index in [-0.39, 0.29) is 16.8 Å². The fourth-order valence-corrected chi connectivity index (χ4v) is 5.01. The molecular formula is C20H22FN3OS. The number of aryl methyl sites for hydroxylation is 1. The summed E-state index contributed by atoms with van der Waals surface area (Å²) >= 11 is 1.64. The molecule has 0 amide bonds. The van der Waals surface area contributed by atoms with Crippen LogP contribution in [0.4, 0.5) is 10.1 Å². The molecule has 6 heteroatoms. The van der Waals surface area contributed by atoms with Crippen LogP contribution in [0.2, 0.25) is 0 Å². The Bertz CT molecular complexity index is 1020. The maximum Gasteiger partial charge on any atom is 0.259 e. The Morgan fingerprint density at radius 2 is 2.04 bits per heavy atom. The van der Waals surface area contributed by atoms with E-state index >= 15 is 0 Å². The van der Waals surface area contributed by atoms with Crippen molar-refractivity contribution in [3.8, 4) is 0 Å². The van der Waals surface area contributed by atoms with Crippen LogP contribution in [-0.2, 0) is 18.4 Å². The van der Waals surface area contributed by atoms with Gasteiger partial charge in [-0.15, -0.1) is 11.3 Å². The summed E-state index contributed by atoms with van der Waals surface area (Å²) in [5.74, 6) is -0.252. The highest BCUT2D eigenvalue weighted by molar-refractivity contribution is 7.17. The van der Waals surface area contributed by atoms with Crippen molar-refractivity contribution in [3.05, 3.63) is 62.8 Å². The summed E-state index contributed by atoms with van der Waals surface area (Å²) in [4.78, 5) is 21.7. The van der Waals surface area contributed by atoms with E-state index in [4.69, 9.17) is 4.98 Å². The molecule has 4 rings (SSSR count). The minimum absolute atomic E-state index is 0.00430. The number of anilines is 1. The molecule has 0 radical (unpaired) electrons. The summed E-state index contributed by atoms with van der Waals surface area (Å²) in [5.41, 5.74) is 2.91. The van der Waals surface area contributed by atoms with Gasteiger partial charge < -0.3 is 4.90 Å². The van der Waals surface area contributed by atoms with Crippen LogP contribution in [0.15, 0.2) is 35.1 Å². The quantitative estimate of drug-likeness (QED) is 0.692. The van der Waals surface area contributed by atoms with Crippen LogP contribution in [-0.4, -0.2) is 15.9 Å². The number of aromatic nitrogens is 2. The molecule has 0 aliphatic heterocycles. The molecule has 26 heavy (non-hydrogen) atoms. The number of thiazole rings is 1. The maximum absolute atomic E-state index is 13.2. The maximum atomic E-state index is 13.2. The smallest absolute Gasteiger partial charge is 0.259 e. The van der Waals surface area contributed by atoms with Crippen molar-refractivity contribution in [2.24, 2.45) is 0 Å². The molecule has 0 bridgehead atoms. The van der Waals surface area contributed by atoms with Gasteiger partial charge in [-0.25, -0.2) is 9.37 Å². The largest absolute Gasteiger partial charge is 0.366 e. The molecule has 2 heterocycles. The Morgan fingerprint density at radius 3 is 2.73 bits per heavy atom. The summed E-state index contributed by atoms with van der Waals surface area (Å²) in [5, 5.41) is 0. The zero-order valence-corrected chi connectivity index (χ0v) is 16.1. The minimum atomic E-state index is -0.252. The van der Waals surface area contributed by atoms with E-state index in [0.29, 0.717) is 6.54 Å². The van der Waals surface area contributed by atoms with E-state index in [9.17, 15) is 9.18 Å². The predicted octanol–water partition coefficient (Wildman–Crippen LogP) is 4.15. The Kier molecular flexibility index (Phi) is 4.10. The molecule has 0 atom stereocenters. The van der Waals surface area contributed by atoms with Crippen molar-refractivity contribution < 1.29 is 4.39 Å². The normalized spacial score (nSPS) is 15.4. The highest BCUT2D eigenvalue weighted by Crippen LogP contribution is 2.42. The van der Waals surface area contributed by atoms with Crippen LogP contribution in [0.3, 0.4) is 0 Å². The molecule has 3 aromatic rings. The molecule has 1 aromatic carbocycles. The second-order valence-electron chi connectivity index (χ2n) is 7.46. The van der Waals surface area contributed by atoms with Crippen molar-refractivity contribution in [1.82, 2.24) is 9.38 Å². The van der Waals surface area contributed by atoms with Gasteiger partial charge in [0, 0.05) is 34.3 Å². The first-order valence-corrected chi connectivity index (χ1v) is 9.76. The third-order valence-electron chi connectivity index (χ3n) is 5.19. The molecule has 0 fully saturated rings. The van der Waals surface area contributed by atoms with Crippen LogP contribution in [0.1, 0.15) is 43.5 Å². The number of nitrogens with zero attached hydrogens (tertiary/aromatic N) is 3. The van der Waals surface area contributed by atoms with E-state index in [0.717, 1.165) is 41.4 Å². The molecule has 0 N–H and O–H groups in total. The standard InChI is InChI=1S/C20H22FN3OS/c1-4-23(15-7-5-13(21)6-8-15)12-14-11-17(25)24-16-9-10-20(2,3)18(16)26-19(24)22-14/h5-8,11H,4,9-10,12H2,1-3H3. The van der Waals surface area contributed by atoms with E-state index in [1.165, 1.54) is 17.0 Å². The topological polar surface area (TPSA) is 37.6 Å². The van der Waals surface area contributed by atoms with Gasteiger partial charge in [0.1, 0.15) is 5.82 Å². The first-order chi connectivity index (χ1) is 12.4. The first-order valence-electron chi connectivity index (χ1n) is 8.94. The SMILES string of the molecule is CCN(Cc1cc(=O)n2c3c(sc2n1)C(C)(C)CC3)c1ccc(F)cc1. The van der Waals surface area contributed by atoms with Gasteiger partial charge >= 0.3 is 0 Å². The van der Waals surface area contributed by atoms with Crippen LogP contribution in [0, 0.1) is 5.82 Å². The lowest BCUT2D eigenvalue weighted by Gasteiger charge is -2.22. The number of rotatable bonds is 4. The average Bonchev–Trinajstić information content (AvgIpc) is 3.11. The first kappa shape index (κ1) is 17.2. The van der Waals surface area contributed by atoms with Crippen molar-refractivity contribution >= 4 is 22.0 Å². The lowest BCUT2D eigenvalue weighted by Crippen LogP contribution is -2.25. The second kappa shape index (κ2) is 6.20. The fourth-order valence-electron chi connectivity index (χ4n) is 3.69. The monoisotopic (exact) mass is 371 g/mol. The number of benzene rings is 1. The van der Waals surface area contributed by atoms with Crippen LogP contribution in [0.25, 0.3) is 4.96 Å². The van der Waals surface area contributed by atoms with Crippen LogP contribution in [0.5, 0.6) is 0 Å². The van der Waals surface area contributed by atoms with Crippen molar-refractivity contribution in [2.75, 3.05) is 11.4 Å². The van der Waals surface area contributed by atoms with Crippen molar-refractivity contribution in [3.63, 3.8) is 0 Å². The molecule has 0 saturated carbocycles. The van der Waals surface area contributed by atoms with Gasteiger partial charge in [-0.1, -0.05) is 13.8 Å². The zero-order valence-electron chi connectivity index (χ0n) is 15.3. The second-order valence-corrected chi connectivity index (χ2v) is 8.43. The van der Waals surface area contributed by atoms with E-state index in [2.05, 4.69) is 18.7 Å². The summed E-state index contributed by atoms with van der Waals surface area (Å²) in [6.07, 6.45) is 2.01. The van der Waals surface area contributed by atoms with Gasteiger partial charge in [0.25, 0.3) is 5.56 Å². The highest BCUT2D eigenvalue weighted by atomic mass is 32.1. The molecule has 2 aromatic heterocycles. The third kappa shape index (κ3) is 2.82. The summed E-state index contributed by atoms with van der Waals surface area (Å²) in [6, 6.07) is 8.06. The number of hydrogen-bond acceptors (Lipinski definition) is 4. The number of fused-ring (bicyclic) bond motifs is 3. The summed E-state index contributed by atoms with van der Waals surface area (Å²) in [7, 11) is 0. The summed E-state index contributed by atoms with van der Waals surface area (Å²) in [6.45, 7) is 7.78. The molecular weight excluding hydrogens is 349 g/mol. The molecule has 136 valence electrons. The van der Waals surface area contributed by atoms with Crippen LogP contribution < -0.4 is 10.5 Å². The zero-order chi connectivity index (χ0) is 18.5. The Morgan fingerprint density at radius 1 is 1.31 bits per heavy atom. The van der Waals surface area contributed by atoms with Crippen molar-refractivity contribution in [1.29, 1.82) is 0 Å². The highest BCUT2D eigenvalue weighted by Gasteiger charge is 2.34. The predicted molar refractivity (Wildman–Crippen MR) is 104 cm³/mol. The fraction of sp³-hybridized carbons (Fsp3) is 0.400. The van der Waals surface area contributed by atoms with E-state index < -0.39 is 0 Å². The van der Waals surface area contributed by atoms with Gasteiger partial charge in [0.05, 0.1) is 12.2 Å². The van der Waals surface area contributed by atoms with Gasteiger partial charge in [0.2, 0.25) is 0 Å². The lowest BCUT2D eigenvalue weighted by atomic mass is 9.93. The Hall–Kier alpha value is -2.21. The van der Waals surface area contributed by atoms with E-state index in [1.807, 2.05) is 6.92 Å². The molecule has 0 saturated heterocycles. The Labute approximate surface area is 155 Å². The minimum Gasteiger partial charge on any atom is -0.366 e. The van der Waals surface area contributed by atoms with Gasteiger partial charge in [0.15, 0.2) is 4.96 Å². The summed E-state index contributed by atoms with van der Waals surface area (Å²) < 4.78 is 15.0. The van der Waals surface area contributed by atoms with E-state index in [1.54, 1.807) is 33.9 Å². The van der Waals surface area contributed by atoms with Gasteiger partial charge in [-0.2, -0.15) is 0 Å². The molecule has 4 nitrogen and oxygen atoms in total. The average molecular weight is 371 g/mol. The Balaban J connectivity index is 1.71. The lowest BCUT2D eigenvalue weighted by molar-refractivity contribution is 0.530. The van der Waals surface area contributed by atoms with Crippen molar-refractivity contribution in [2.45, 2.75) is 45.6 Å². The molecule has 1 aliphatic carbocycles. The molecule has 1 aliphatic rings. The van der Waals surface area contributed by atoms with Gasteiger partial charge in [-0.05, 0) is 44.0 Å².